The van der Waals surface area contributed by atoms with Gasteiger partial charge < -0.3 is 15.3 Å². The Balaban J connectivity index is 0.00000336. The quantitative estimate of drug-likeness (QED) is 0.315. The predicted octanol–water partition coefficient (Wildman–Crippen LogP) is 3.63. The van der Waals surface area contributed by atoms with Crippen LogP contribution in [0, 0.1) is 5.82 Å². The summed E-state index contributed by atoms with van der Waals surface area (Å²) in [4.78, 5) is 34.2. The number of aliphatic hydroxyl groups is 1. The lowest BCUT2D eigenvalue weighted by Crippen LogP contribution is -2.47. The van der Waals surface area contributed by atoms with Crippen molar-refractivity contribution in [1.29, 1.82) is 0 Å². The van der Waals surface area contributed by atoms with Gasteiger partial charge in [0, 0.05) is 74.5 Å². The zero-order valence-corrected chi connectivity index (χ0v) is 22.4. The largest absolute Gasteiger partial charge is 0.395 e. The van der Waals surface area contributed by atoms with E-state index in [1.165, 1.54) is 11.3 Å². The van der Waals surface area contributed by atoms with Crippen LogP contribution in [0.1, 0.15) is 6.92 Å². The van der Waals surface area contributed by atoms with E-state index in [-0.39, 0.29) is 24.5 Å². The van der Waals surface area contributed by atoms with Crippen LogP contribution < -0.4 is 15.5 Å². The van der Waals surface area contributed by atoms with Crippen LogP contribution in [0.2, 0.25) is 0 Å². The monoisotopic (exact) mass is 558 g/mol. The van der Waals surface area contributed by atoms with Gasteiger partial charge in [-0.3, -0.25) is 15.2 Å². The number of carbonyl (C=O) groups is 1. The highest BCUT2D eigenvalue weighted by molar-refractivity contribution is 7.22. The Morgan fingerprint density at radius 3 is 2.55 bits per heavy atom. The molecule has 3 aromatic heterocycles. The van der Waals surface area contributed by atoms with Gasteiger partial charge in [0.1, 0.15) is 5.52 Å². The molecular formula is C25H28ClFN8O2S. The first-order valence-electron chi connectivity index (χ1n) is 12.1. The summed E-state index contributed by atoms with van der Waals surface area (Å²) in [6.45, 7) is 6.22. The minimum Gasteiger partial charge on any atom is -0.395 e. The van der Waals surface area contributed by atoms with E-state index >= 15 is 4.39 Å². The molecule has 38 heavy (non-hydrogen) atoms. The third-order valence-electron chi connectivity index (χ3n) is 6.12. The summed E-state index contributed by atoms with van der Waals surface area (Å²) in [5, 5.41) is 14.8. The molecule has 0 radical (unpaired) electrons. The Bertz CT molecular complexity index is 1380. The number of aliphatic hydroxyl groups excluding tert-OH is 1. The third-order valence-corrected chi connectivity index (χ3v) is 7.13. The second-order valence-electron chi connectivity index (χ2n) is 8.51. The molecule has 200 valence electrons. The average molecular weight is 559 g/mol. The van der Waals surface area contributed by atoms with Crippen molar-refractivity contribution in [2.75, 3.05) is 56.1 Å². The minimum absolute atomic E-state index is 0. The number of carbonyl (C=O) groups excluding carboxylic acids is 1. The SMILES string of the molecule is CCNC(=O)Nc1nc2c(F)c(-c3cnc(N4CCN(CCO)CC4)nc3)cc(-c3ccccn3)c2s1.Cl. The number of rotatable bonds is 7. The van der Waals surface area contributed by atoms with E-state index in [1.807, 2.05) is 25.1 Å². The van der Waals surface area contributed by atoms with E-state index in [2.05, 4.69) is 40.4 Å². The van der Waals surface area contributed by atoms with Gasteiger partial charge in [-0.05, 0) is 25.1 Å². The highest BCUT2D eigenvalue weighted by atomic mass is 35.5. The first-order valence-corrected chi connectivity index (χ1v) is 12.9. The lowest BCUT2D eigenvalue weighted by Gasteiger charge is -2.34. The molecule has 0 bridgehead atoms. The van der Waals surface area contributed by atoms with Crippen LogP contribution in [0.15, 0.2) is 42.9 Å². The molecule has 1 saturated heterocycles. The molecule has 3 N–H and O–H groups in total. The van der Waals surface area contributed by atoms with E-state index in [0.717, 1.165) is 26.2 Å². The van der Waals surface area contributed by atoms with Crippen molar-refractivity contribution in [3.8, 4) is 22.4 Å². The molecule has 4 aromatic rings. The fraction of sp³-hybridized carbons (Fsp3) is 0.320. The highest BCUT2D eigenvalue weighted by Crippen LogP contribution is 2.40. The number of fused-ring (bicyclic) bond motifs is 1. The third kappa shape index (κ3) is 5.83. The van der Waals surface area contributed by atoms with Crippen molar-refractivity contribution < 1.29 is 14.3 Å². The van der Waals surface area contributed by atoms with Gasteiger partial charge in [-0.2, -0.15) is 0 Å². The molecule has 1 aromatic carbocycles. The summed E-state index contributed by atoms with van der Waals surface area (Å²) in [6, 6.07) is 6.87. The summed E-state index contributed by atoms with van der Waals surface area (Å²) >= 11 is 1.20. The number of benzene rings is 1. The molecule has 0 atom stereocenters. The lowest BCUT2D eigenvalue weighted by atomic mass is 10.0. The zero-order chi connectivity index (χ0) is 25.8. The number of thiazole rings is 1. The van der Waals surface area contributed by atoms with Crippen LogP contribution in [0.3, 0.4) is 0 Å². The number of β-amino-alcohol motifs (C(OH)–C–C–N with tert-alkyl or cyclic N) is 1. The number of nitrogens with zero attached hydrogens (tertiary/aromatic N) is 6. The van der Waals surface area contributed by atoms with Crippen molar-refractivity contribution in [2.45, 2.75) is 6.92 Å². The van der Waals surface area contributed by atoms with Crippen LogP contribution in [0.4, 0.5) is 20.3 Å². The van der Waals surface area contributed by atoms with Crippen LogP contribution in [0.25, 0.3) is 32.6 Å². The van der Waals surface area contributed by atoms with Crippen molar-refractivity contribution in [2.24, 2.45) is 0 Å². The number of hydrogen-bond donors (Lipinski definition) is 3. The number of hydrogen-bond acceptors (Lipinski definition) is 9. The van der Waals surface area contributed by atoms with Gasteiger partial charge in [0.15, 0.2) is 10.9 Å². The first kappa shape index (κ1) is 27.6. The Labute approximate surface area is 229 Å². The predicted molar refractivity (Wildman–Crippen MR) is 150 cm³/mol. The van der Waals surface area contributed by atoms with Gasteiger partial charge in [0.25, 0.3) is 0 Å². The number of amides is 2. The summed E-state index contributed by atoms with van der Waals surface area (Å²) in [7, 11) is 0. The maximum Gasteiger partial charge on any atom is 0.321 e. The van der Waals surface area contributed by atoms with Crippen molar-refractivity contribution in [3.05, 3.63) is 48.7 Å². The van der Waals surface area contributed by atoms with E-state index in [1.54, 1.807) is 24.7 Å². The van der Waals surface area contributed by atoms with Gasteiger partial charge in [-0.25, -0.2) is 24.1 Å². The van der Waals surface area contributed by atoms with Crippen LogP contribution in [0.5, 0.6) is 0 Å². The van der Waals surface area contributed by atoms with Gasteiger partial charge in [0.05, 0.1) is 17.0 Å². The lowest BCUT2D eigenvalue weighted by molar-refractivity contribution is 0.188. The van der Waals surface area contributed by atoms with Crippen LogP contribution in [-0.2, 0) is 0 Å². The smallest absolute Gasteiger partial charge is 0.321 e. The molecule has 1 aliphatic rings. The Morgan fingerprint density at radius 2 is 1.89 bits per heavy atom. The maximum absolute atomic E-state index is 15.8. The second kappa shape index (κ2) is 12.4. The van der Waals surface area contributed by atoms with E-state index < -0.39 is 11.8 Å². The number of pyridine rings is 1. The summed E-state index contributed by atoms with van der Waals surface area (Å²) in [5.41, 5.74) is 2.35. The normalized spacial score (nSPS) is 13.8. The molecule has 1 aliphatic heterocycles. The summed E-state index contributed by atoms with van der Waals surface area (Å²) in [6.07, 6.45) is 4.92. The maximum atomic E-state index is 15.8. The molecule has 10 nitrogen and oxygen atoms in total. The standard InChI is InChI=1S/C25H27FN8O2S.ClH/c1-2-27-24(36)32-25-31-21-20(26)17(13-18(22(21)37-25)19-5-3-4-6-28-19)16-14-29-23(30-15-16)34-9-7-33(8-10-34)11-12-35;/h3-6,13-15,35H,2,7-12H2,1H3,(H2,27,31,32,36);1H. The van der Waals surface area contributed by atoms with Gasteiger partial charge >= 0.3 is 6.03 Å². The van der Waals surface area contributed by atoms with Gasteiger partial charge in [-0.15, -0.1) is 12.4 Å². The fourth-order valence-corrected chi connectivity index (χ4v) is 5.25. The topological polar surface area (TPSA) is 119 Å². The molecular weight excluding hydrogens is 531 g/mol. The molecule has 0 aliphatic carbocycles. The Kier molecular flexibility index (Phi) is 9.00. The fourth-order valence-electron chi connectivity index (χ4n) is 4.27. The Hall–Kier alpha value is -3.45. The second-order valence-corrected chi connectivity index (χ2v) is 9.50. The van der Waals surface area contributed by atoms with E-state index in [9.17, 15) is 4.79 Å². The zero-order valence-electron chi connectivity index (χ0n) is 20.7. The number of aromatic nitrogens is 4. The molecule has 0 spiro atoms. The molecule has 2 amide bonds. The van der Waals surface area contributed by atoms with Crippen molar-refractivity contribution in [1.82, 2.24) is 30.2 Å². The van der Waals surface area contributed by atoms with Gasteiger partial charge in [0.2, 0.25) is 5.95 Å². The molecule has 0 unspecified atom stereocenters. The van der Waals surface area contributed by atoms with Crippen LogP contribution in [-0.4, -0.2) is 81.8 Å². The number of anilines is 2. The number of piperazine rings is 1. The average Bonchev–Trinajstić information content (AvgIpc) is 3.34. The molecule has 4 heterocycles. The molecule has 0 saturated carbocycles. The Morgan fingerprint density at radius 1 is 1.13 bits per heavy atom. The van der Waals surface area contributed by atoms with Crippen LogP contribution >= 0.6 is 23.7 Å². The van der Waals surface area contributed by atoms with Crippen molar-refractivity contribution >= 4 is 51.1 Å². The summed E-state index contributed by atoms with van der Waals surface area (Å²) in [5.74, 6) is 0.0739. The minimum atomic E-state index is -0.510. The number of nitrogens with one attached hydrogen (secondary N) is 2. The molecule has 5 rings (SSSR count). The molecule has 1 fully saturated rings. The summed E-state index contributed by atoms with van der Waals surface area (Å²) < 4.78 is 16.4. The van der Waals surface area contributed by atoms with Crippen molar-refractivity contribution in [3.63, 3.8) is 0 Å². The van der Waals surface area contributed by atoms with E-state index in [4.69, 9.17) is 5.11 Å². The number of urea groups is 1. The number of halogens is 2. The molecule has 13 heteroatoms. The first-order chi connectivity index (χ1) is 18.1. The van der Waals surface area contributed by atoms with Gasteiger partial charge in [-0.1, -0.05) is 17.4 Å². The highest BCUT2D eigenvalue weighted by Gasteiger charge is 2.22. The van der Waals surface area contributed by atoms with E-state index in [0.29, 0.717) is 51.3 Å².